The Morgan fingerprint density at radius 1 is 1.04 bits per heavy atom. The van der Waals surface area contributed by atoms with E-state index in [2.05, 4.69) is 36.2 Å². The summed E-state index contributed by atoms with van der Waals surface area (Å²) in [6, 6.07) is 9.37. The monoisotopic (exact) mass is 368 g/mol. The van der Waals surface area contributed by atoms with Gasteiger partial charge in [-0.15, -0.1) is 0 Å². The molecule has 0 atom stereocenters. The van der Waals surface area contributed by atoms with Crippen LogP contribution in [-0.4, -0.2) is 20.9 Å². The van der Waals surface area contributed by atoms with E-state index >= 15 is 0 Å². The molecule has 1 amide bonds. The number of pyridine rings is 3. The molecule has 3 aromatic heterocycles. The summed E-state index contributed by atoms with van der Waals surface area (Å²) in [4.78, 5) is 24.5. The Labute approximate surface area is 142 Å². The average Bonchev–Trinajstić information content (AvgIpc) is 2.61. The van der Waals surface area contributed by atoms with Crippen LogP contribution in [0.2, 0.25) is 0 Å². The molecule has 1 N–H and O–H groups in total. The van der Waals surface area contributed by atoms with Gasteiger partial charge in [-0.2, -0.15) is 0 Å². The molecule has 0 saturated carbocycles. The van der Waals surface area contributed by atoms with Gasteiger partial charge in [-0.05, 0) is 51.8 Å². The quantitative estimate of drug-likeness (QED) is 0.767. The zero-order valence-corrected chi connectivity index (χ0v) is 13.7. The summed E-state index contributed by atoms with van der Waals surface area (Å²) in [6.45, 7) is 0.423. The fourth-order valence-electron chi connectivity index (χ4n) is 2.09. The van der Waals surface area contributed by atoms with Crippen LogP contribution in [0, 0.1) is 0 Å². The summed E-state index contributed by atoms with van der Waals surface area (Å²) in [6.07, 6.45) is 8.37. The number of rotatable bonds is 4. The smallest absolute Gasteiger partial charge is 0.253 e. The molecule has 0 aliphatic rings. The third-order valence-corrected chi connectivity index (χ3v) is 3.65. The van der Waals surface area contributed by atoms with Gasteiger partial charge in [-0.3, -0.25) is 19.7 Å². The van der Waals surface area contributed by atoms with Gasteiger partial charge in [0.1, 0.15) is 0 Å². The summed E-state index contributed by atoms with van der Waals surface area (Å²) in [5, 5.41) is 2.88. The molecular weight excluding hydrogens is 356 g/mol. The Kier molecular flexibility index (Phi) is 4.73. The van der Waals surface area contributed by atoms with Crippen molar-refractivity contribution in [2.45, 2.75) is 6.54 Å². The first-order valence-electron chi connectivity index (χ1n) is 6.96. The first-order chi connectivity index (χ1) is 11.2. The average molecular weight is 369 g/mol. The van der Waals surface area contributed by atoms with Gasteiger partial charge in [0, 0.05) is 47.6 Å². The first kappa shape index (κ1) is 15.3. The topological polar surface area (TPSA) is 67.8 Å². The van der Waals surface area contributed by atoms with Crippen LogP contribution in [0.3, 0.4) is 0 Å². The lowest BCUT2D eigenvalue weighted by atomic mass is 10.1. The van der Waals surface area contributed by atoms with Gasteiger partial charge >= 0.3 is 0 Å². The summed E-state index contributed by atoms with van der Waals surface area (Å²) in [5.41, 5.74) is 3.33. The van der Waals surface area contributed by atoms with E-state index in [1.165, 1.54) is 6.20 Å². The molecule has 0 spiro atoms. The summed E-state index contributed by atoms with van der Waals surface area (Å²) in [7, 11) is 0. The maximum Gasteiger partial charge on any atom is 0.253 e. The second kappa shape index (κ2) is 7.11. The van der Waals surface area contributed by atoms with E-state index in [-0.39, 0.29) is 5.91 Å². The van der Waals surface area contributed by atoms with E-state index in [0.717, 1.165) is 21.3 Å². The minimum absolute atomic E-state index is 0.166. The van der Waals surface area contributed by atoms with Crippen molar-refractivity contribution in [2.75, 3.05) is 0 Å². The van der Waals surface area contributed by atoms with E-state index in [1.807, 2.05) is 24.3 Å². The number of halogens is 1. The molecule has 0 bridgehead atoms. The Balaban J connectivity index is 1.70. The van der Waals surface area contributed by atoms with Crippen molar-refractivity contribution >= 4 is 21.8 Å². The third-order valence-electron chi connectivity index (χ3n) is 3.22. The number of hydrogen-bond donors (Lipinski definition) is 1. The van der Waals surface area contributed by atoms with E-state index in [9.17, 15) is 4.79 Å². The molecule has 3 aromatic rings. The lowest BCUT2D eigenvalue weighted by molar-refractivity contribution is 0.0950. The van der Waals surface area contributed by atoms with Gasteiger partial charge in [0.15, 0.2) is 0 Å². The Morgan fingerprint density at radius 2 is 1.87 bits per heavy atom. The molecule has 3 rings (SSSR count). The highest BCUT2D eigenvalue weighted by molar-refractivity contribution is 9.10. The number of nitrogens with zero attached hydrogens (tertiary/aromatic N) is 3. The van der Waals surface area contributed by atoms with Crippen LogP contribution in [0.25, 0.3) is 11.3 Å². The van der Waals surface area contributed by atoms with Gasteiger partial charge in [0.05, 0.1) is 11.3 Å². The Bertz CT molecular complexity index is 824. The molecule has 0 aromatic carbocycles. The fraction of sp³-hybridized carbons (Fsp3) is 0.0588. The molecule has 0 saturated heterocycles. The highest BCUT2D eigenvalue weighted by Gasteiger charge is 2.07. The van der Waals surface area contributed by atoms with Crippen LogP contribution >= 0.6 is 15.9 Å². The largest absolute Gasteiger partial charge is 0.348 e. The maximum absolute atomic E-state index is 12.1. The molecular formula is C17H13BrN4O. The van der Waals surface area contributed by atoms with Crippen LogP contribution in [0.5, 0.6) is 0 Å². The number of amides is 1. The van der Waals surface area contributed by atoms with E-state index in [1.54, 1.807) is 30.9 Å². The minimum Gasteiger partial charge on any atom is -0.348 e. The van der Waals surface area contributed by atoms with Crippen molar-refractivity contribution in [2.24, 2.45) is 0 Å². The van der Waals surface area contributed by atoms with Crippen molar-refractivity contribution in [3.63, 3.8) is 0 Å². The predicted octanol–water partition coefficient (Wildman–Crippen LogP) is 3.23. The third kappa shape index (κ3) is 3.98. The Hall–Kier alpha value is -2.60. The minimum atomic E-state index is -0.166. The Morgan fingerprint density at radius 3 is 2.65 bits per heavy atom. The van der Waals surface area contributed by atoms with Crippen LogP contribution in [-0.2, 0) is 6.54 Å². The van der Waals surface area contributed by atoms with Crippen LogP contribution in [0.1, 0.15) is 15.9 Å². The summed E-state index contributed by atoms with van der Waals surface area (Å²) < 4.78 is 0.772. The summed E-state index contributed by atoms with van der Waals surface area (Å²) in [5.74, 6) is -0.166. The fourth-order valence-corrected chi connectivity index (χ4v) is 2.45. The molecule has 0 aliphatic heterocycles. The van der Waals surface area contributed by atoms with Crippen LogP contribution < -0.4 is 5.32 Å². The van der Waals surface area contributed by atoms with Gasteiger partial charge in [-0.25, -0.2) is 0 Å². The van der Waals surface area contributed by atoms with Crippen LogP contribution in [0.4, 0.5) is 0 Å². The lowest BCUT2D eigenvalue weighted by Gasteiger charge is -2.07. The van der Waals surface area contributed by atoms with E-state index < -0.39 is 0 Å². The first-order valence-corrected chi connectivity index (χ1v) is 7.76. The molecule has 23 heavy (non-hydrogen) atoms. The predicted molar refractivity (Wildman–Crippen MR) is 90.6 cm³/mol. The standard InChI is InChI=1S/C17H13BrN4O/c18-15-8-14(10-20-11-15)17(23)22-9-12-1-6-21-16(7-12)13-2-4-19-5-3-13/h1-8,10-11H,9H2,(H,22,23). The van der Waals surface area contributed by atoms with Gasteiger partial charge in [0.2, 0.25) is 0 Å². The van der Waals surface area contributed by atoms with Crippen molar-refractivity contribution in [3.05, 3.63) is 76.9 Å². The van der Waals surface area contributed by atoms with Crippen molar-refractivity contribution < 1.29 is 4.79 Å². The van der Waals surface area contributed by atoms with Crippen molar-refractivity contribution in [3.8, 4) is 11.3 Å². The van der Waals surface area contributed by atoms with Crippen molar-refractivity contribution in [1.29, 1.82) is 0 Å². The molecule has 0 unspecified atom stereocenters. The molecule has 5 nitrogen and oxygen atoms in total. The van der Waals surface area contributed by atoms with Crippen LogP contribution in [0.15, 0.2) is 65.8 Å². The lowest BCUT2D eigenvalue weighted by Crippen LogP contribution is -2.23. The van der Waals surface area contributed by atoms with Gasteiger partial charge < -0.3 is 5.32 Å². The molecule has 3 heterocycles. The zero-order chi connectivity index (χ0) is 16.1. The summed E-state index contributed by atoms with van der Waals surface area (Å²) >= 11 is 3.31. The number of carbonyl (C=O) groups excluding carboxylic acids is 1. The van der Waals surface area contributed by atoms with Crippen molar-refractivity contribution in [1.82, 2.24) is 20.3 Å². The van der Waals surface area contributed by atoms with Gasteiger partial charge in [-0.1, -0.05) is 0 Å². The van der Waals surface area contributed by atoms with Gasteiger partial charge in [0.25, 0.3) is 5.91 Å². The number of aromatic nitrogens is 3. The molecule has 6 heteroatoms. The maximum atomic E-state index is 12.1. The number of carbonyl (C=O) groups is 1. The molecule has 0 fully saturated rings. The molecule has 0 aliphatic carbocycles. The second-order valence-corrected chi connectivity index (χ2v) is 5.78. The SMILES string of the molecule is O=C(NCc1ccnc(-c2ccncc2)c1)c1cncc(Br)c1. The molecule has 114 valence electrons. The second-order valence-electron chi connectivity index (χ2n) is 4.86. The molecule has 0 radical (unpaired) electrons. The highest BCUT2D eigenvalue weighted by Crippen LogP contribution is 2.16. The normalized spacial score (nSPS) is 10.3. The number of hydrogen-bond acceptors (Lipinski definition) is 4. The number of nitrogens with one attached hydrogen (secondary N) is 1. The van der Waals surface area contributed by atoms with E-state index in [0.29, 0.717) is 12.1 Å². The highest BCUT2D eigenvalue weighted by atomic mass is 79.9. The van der Waals surface area contributed by atoms with E-state index in [4.69, 9.17) is 0 Å². The zero-order valence-electron chi connectivity index (χ0n) is 12.1.